The molecular weight excluding hydrogens is 266 g/mol. The molecule has 0 heterocycles. The lowest BCUT2D eigenvalue weighted by Crippen LogP contribution is -2.29. The first kappa shape index (κ1) is 17.5. The summed E-state index contributed by atoms with van der Waals surface area (Å²) in [5, 5.41) is 0. The Kier molecular flexibility index (Phi) is 7.23. The zero-order valence-corrected chi connectivity index (χ0v) is 13.6. The third-order valence-electron chi connectivity index (χ3n) is 3.31. The van der Waals surface area contributed by atoms with Gasteiger partial charge in [-0.25, -0.2) is 4.79 Å². The first-order valence-electron chi connectivity index (χ1n) is 7.66. The van der Waals surface area contributed by atoms with Gasteiger partial charge in [0.25, 0.3) is 0 Å². The van der Waals surface area contributed by atoms with Crippen LogP contribution in [-0.4, -0.2) is 25.2 Å². The van der Waals surface area contributed by atoms with Gasteiger partial charge in [0.15, 0.2) is 6.10 Å². The van der Waals surface area contributed by atoms with Gasteiger partial charge in [-0.15, -0.1) is 0 Å². The lowest BCUT2D eigenvalue weighted by Gasteiger charge is -2.20. The fourth-order valence-corrected chi connectivity index (χ4v) is 2.40. The lowest BCUT2D eigenvalue weighted by molar-refractivity contribution is -0.151. The van der Waals surface area contributed by atoms with Gasteiger partial charge in [0.2, 0.25) is 0 Å². The highest BCUT2D eigenvalue weighted by Crippen LogP contribution is 2.27. The second-order valence-electron chi connectivity index (χ2n) is 5.24. The van der Waals surface area contributed by atoms with E-state index in [0.29, 0.717) is 19.6 Å². The molecule has 0 aliphatic rings. The largest absolute Gasteiger partial charge is 0.478 e. The zero-order chi connectivity index (χ0) is 15.8. The van der Waals surface area contributed by atoms with Crippen molar-refractivity contribution in [3.63, 3.8) is 0 Å². The van der Waals surface area contributed by atoms with Crippen molar-refractivity contribution in [2.45, 2.75) is 53.1 Å². The Labute approximate surface area is 127 Å². The van der Waals surface area contributed by atoms with Crippen molar-refractivity contribution in [1.29, 1.82) is 0 Å². The number of hydrogen-bond acceptors (Lipinski definition) is 4. The summed E-state index contributed by atoms with van der Waals surface area (Å²) < 4.78 is 11.0. The van der Waals surface area contributed by atoms with Crippen LogP contribution in [0.1, 0.15) is 43.4 Å². The Balaban J connectivity index is 2.95. The molecule has 0 saturated carbocycles. The van der Waals surface area contributed by atoms with Crippen LogP contribution in [0.25, 0.3) is 0 Å². The molecule has 0 aliphatic heterocycles. The molecule has 0 aliphatic carbocycles. The Morgan fingerprint density at radius 3 is 2.33 bits per heavy atom. The molecule has 0 fully saturated rings. The second-order valence-corrected chi connectivity index (χ2v) is 5.24. The first-order chi connectivity index (χ1) is 10.0. The zero-order valence-electron chi connectivity index (χ0n) is 13.6. The molecule has 0 saturated heterocycles. The van der Waals surface area contributed by atoms with Gasteiger partial charge in [-0.2, -0.15) is 0 Å². The number of hydrogen-bond donors (Lipinski definition) is 1. The minimum absolute atomic E-state index is 0.288. The average molecular weight is 293 g/mol. The Morgan fingerprint density at radius 1 is 1.24 bits per heavy atom. The number of rotatable bonds is 8. The number of esters is 1. The van der Waals surface area contributed by atoms with Crippen LogP contribution in [0.4, 0.5) is 0 Å². The van der Waals surface area contributed by atoms with Crippen LogP contribution in [-0.2, 0) is 16.0 Å². The van der Waals surface area contributed by atoms with Gasteiger partial charge in [0.05, 0.1) is 6.61 Å². The first-order valence-corrected chi connectivity index (χ1v) is 7.66. The molecule has 1 atom stereocenters. The monoisotopic (exact) mass is 293 g/mol. The van der Waals surface area contributed by atoms with Crippen LogP contribution >= 0.6 is 0 Å². The molecule has 1 rings (SSSR count). The van der Waals surface area contributed by atoms with Crippen LogP contribution in [0.15, 0.2) is 12.1 Å². The van der Waals surface area contributed by atoms with Crippen LogP contribution in [0, 0.1) is 13.8 Å². The van der Waals surface area contributed by atoms with Gasteiger partial charge >= 0.3 is 5.97 Å². The van der Waals surface area contributed by atoms with E-state index in [1.807, 2.05) is 20.8 Å². The minimum atomic E-state index is -0.535. The molecule has 4 nitrogen and oxygen atoms in total. The molecule has 2 N–H and O–H groups in total. The Bertz CT molecular complexity index is 448. The summed E-state index contributed by atoms with van der Waals surface area (Å²) in [6.45, 7) is 8.82. The predicted octanol–water partition coefficient (Wildman–Crippen LogP) is 2.92. The molecule has 21 heavy (non-hydrogen) atoms. The van der Waals surface area contributed by atoms with Gasteiger partial charge in [-0.05, 0) is 56.8 Å². The maximum atomic E-state index is 12.0. The van der Waals surface area contributed by atoms with Crippen molar-refractivity contribution in [2.24, 2.45) is 5.73 Å². The average Bonchev–Trinajstić information content (AvgIpc) is 2.42. The van der Waals surface area contributed by atoms with E-state index in [-0.39, 0.29) is 5.97 Å². The van der Waals surface area contributed by atoms with Crippen molar-refractivity contribution >= 4 is 5.97 Å². The normalized spacial score (nSPS) is 12.0. The number of aryl methyl sites for hydroxylation is 2. The van der Waals surface area contributed by atoms with Crippen molar-refractivity contribution in [3.05, 3.63) is 28.8 Å². The maximum Gasteiger partial charge on any atom is 0.347 e. The number of nitrogens with two attached hydrogens (primary N) is 1. The fraction of sp³-hybridized carbons (Fsp3) is 0.588. The molecule has 1 unspecified atom stereocenters. The van der Waals surface area contributed by atoms with E-state index in [4.69, 9.17) is 15.2 Å². The molecule has 0 amide bonds. The van der Waals surface area contributed by atoms with E-state index in [9.17, 15) is 4.79 Å². The number of benzene rings is 1. The number of carbonyl (C=O) groups is 1. The molecule has 0 bridgehead atoms. The molecule has 118 valence electrons. The molecule has 0 radical (unpaired) electrons. The minimum Gasteiger partial charge on any atom is -0.478 e. The highest BCUT2D eigenvalue weighted by Gasteiger charge is 2.22. The third-order valence-corrected chi connectivity index (χ3v) is 3.31. The van der Waals surface area contributed by atoms with Crippen LogP contribution in [0.3, 0.4) is 0 Å². The Hall–Kier alpha value is -1.55. The number of carbonyl (C=O) groups excluding carboxylic acids is 1. The molecule has 0 aromatic heterocycles. The van der Waals surface area contributed by atoms with E-state index in [2.05, 4.69) is 12.1 Å². The summed E-state index contributed by atoms with van der Waals surface area (Å²) in [6.07, 6.45) is 1.83. The van der Waals surface area contributed by atoms with Gasteiger partial charge in [0, 0.05) is 0 Å². The highest BCUT2D eigenvalue weighted by atomic mass is 16.6. The molecule has 1 aromatic rings. The smallest absolute Gasteiger partial charge is 0.347 e. The summed E-state index contributed by atoms with van der Waals surface area (Å²) in [4.78, 5) is 12.0. The van der Waals surface area contributed by atoms with E-state index < -0.39 is 6.10 Å². The molecular formula is C17H27NO3. The third kappa shape index (κ3) is 5.05. The lowest BCUT2D eigenvalue weighted by atomic mass is 10.0. The standard InChI is InChI=1S/C17H27NO3/c1-5-7-15(17(19)20-6-2)21-16-12(3)10-14(8-9-18)11-13(16)4/h10-11,15H,5-9,18H2,1-4H3. The quantitative estimate of drug-likeness (QED) is 0.749. The van der Waals surface area contributed by atoms with Crippen molar-refractivity contribution in [1.82, 2.24) is 0 Å². The van der Waals surface area contributed by atoms with Crippen LogP contribution < -0.4 is 10.5 Å². The van der Waals surface area contributed by atoms with Crippen molar-refractivity contribution < 1.29 is 14.3 Å². The predicted molar refractivity (Wildman–Crippen MR) is 84.6 cm³/mol. The second kappa shape index (κ2) is 8.67. The molecule has 1 aromatic carbocycles. The summed E-state index contributed by atoms with van der Waals surface area (Å²) in [5.74, 6) is 0.492. The maximum absolute atomic E-state index is 12.0. The van der Waals surface area contributed by atoms with E-state index in [1.165, 1.54) is 5.56 Å². The van der Waals surface area contributed by atoms with Gasteiger partial charge in [-0.1, -0.05) is 25.5 Å². The van der Waals surface area contributed by atoms with E-state index >= 15 is 0 Å². The van der Waals surface area contributed by atoms with Crippen molar-refractivity contribution in [3.8, 4) is 5.75 Å². The molecule has 4 heteroatoms. The highest BCUT2D eigenvalue weighted by molar-refractivity contribution is 5.75. The van der Waals surface area contributed by atoms with E-state index in [1.54, 1.807) is 6.92 Å². The van der Waals surface area contributed by atoms with Gasteiger partial charge < -0.3 is 15.2 Å². The SMILES string of the molecule is CCCC(Oc1c(C)cc(CCN)cc1C)C(=O)OCC. The summed E-state index contributed by atoms with van der Waals surface area (Å²) >= 11 is 0. The van der Waals surface area contributed by atoms with E-state index in [0.717, 1.165) is 29.7 Å². The van der Waals surface area contributed by atoms with Crippen molar-refractivity contribution in [2.75, 3.05) is 13.2 Å². The van der Waals surface area contributed by atoms with Gasteiger partial charge in [0.1, 0.15) is 5.75 Å². The molecule has 0 spiro atoms. The fourth-order valence-electron chi connectivity index (χ4n) is 2.40. The summed E-state index contributed by atoms with van der Waals surface area (Å²) in [5.41, 5.74) is 8.86. The summed E-state index contributed by atoms with van der Waals surface area (Å²) in [7, 11) is 0. The summed E-state index contributed by atoms with van der Waals surface area (Å²) in [6, 6.07) is 4.15. The Morgan fingerprint density at radius 2 is 1.86 bits per heavy atom. The van der Waals surface area contributed by atoms with Crippen LogP contribution in [0.5, 0.6) is 5.75 Å². The van der Waals surface area contributed by atoms with Crippen LogP contribution in [0.2, 0.25) is 0 Å². The van der Waals surface area contributed by atoms with Gasteiger partial charge in [-0.3, -0.25) is 0 Å². The topological polar surface area (TPSA) is 61.5 Å². The number of ether oxygens (including phenoxy) is 2.